The van der Waals surface area contributed by atoms with E-state index in [0.29, 0.717) is 5.56 Å². The van der Waals surface area contributed by atoms with Crippen molar-refractivity contribution < 1.29 is 23.8 Å². The van der Waals surface area contributed by atoms with Crippen molar-refractivity contribution in [3.63, 3.8) is 0 Å². The van der Waals surface area contributed by atoms with Crippen LogP contribution in [0.3, 0.4) is 0 Å². The molecule has 2 aromatic rings. The fourth-order valence-electron chi connectivity index (χ4n) is 2.01. The van der Waals surface area contributed by atoms with Gasteiger partial charge >= 0.3 is 5.97 Å². The Bertz CT molecular complexity index is 698. The van der Waals surface area contributed by atoms with Crippen LogP contribution in [0.4, 0.5) is 4.39 Å². The third-order valence-corrected chi connectivity index (χ3v) is 3.34. The van der Waals surface area contributed by atoms with Crippen LogP contribution < -0.4 is 5.32 Å². The van der Waals surface area contributed by atoms with E-state index in [1.165, 1.54) is 31.2 Å². The third kappa shape index (κ3) is 5.39. The number of rotatable bonds is 6. The molecular formula is C18H18FNO4. The molecule has 6 heteroatoms. The van der Waals surface area contributed by atoms with E-state index in [1.54, 1.807) is 24.3 Å². The molecule has 0 radical (unpaired) electrons. The minimum Gasteiger partial charge on any atom is -0.508 e. The van der Waals surface area contributed by atoms with Crippen LogP contribution in [-0.2, 0) is 27.3 Å². The van der Waals surface area contributed by atoms with Crippen LogP contribution in [-0.4, -0.2) is 23.1 Å². The lowest BCUT2D eigenvalue weighted by molar-refractivity contribution is -0.154. The molecule has 0 saturated heterocycles. The molecule has 2 aromatic carbocycles. The minimum atomic E-state index is -0.935. The lowest BCUT2D eigenvalue weighted by Crippen LogP contribution is -2.35. The van der Waals surface area contributed by atoms with Gasteiger partial charge in [-0.05, 0) is 42.3 Å². The Morgan fingerprint density at radius 3 is 2.29 bits per heavy atom. The van der Waals surface area contributed by atoms with E-state index in [0.717, 1.165) is 5.56 Å². The van der Waals surface area contributed by atoms with E-state index in [-0.39, 0.29) is 24.5 Å². The lowest BCUT2D eigenvalue weighted by atomic mass is 10.1. The zero-order chi connectivity index (χ0) is 17.5. The zero-order valence-electron chi connectivity index (χ0n) is 13.2. The predicted octanol–water partition coefficient (Wildman–Crippen LogP) is 2.32. The molecule has 5 nitrogen and oxygen atoms in total. The maximum atomic E-state index is 12.8. The monoisotopic (exact) mass is 331 g/mol. The van der Waals surface area contributed by atoms with Gasteiger partial charge in [-0.3, -0.25) is 9.59 Å². The van der Waals surface area contributed by atoms with Crippen LogP contribution in [0.5, 0.6) is 5.75 Å². The van der Waals surface area contributed by atoms with Crippen molar-refractivity contribution >= 4 is 11.9 Å². The fraction of sp³-hybridized carbons (Fsp3) is 0.222. The normalized spacial score (nSPS) is 11.6. The van der Waals surface area contributed by atoms with Gasteiger partial charge in [0, 0.05) is 6.54 Å². The summed E-state index contributed by atoms with van der Waals surface area (Å²) in [4.78, 5) is 23.7. The maximum absolute atomic E-state index is 12.8. The van der Waals surface area contributed by atoms with Gasteiger partial charge in [-0.2, -0.15) is 0 Å². The molecule has 0 aliphatic carbocycles. The van der Waals surface area contributed by atoms with Crippen molar-refractivity contribution in [3.8, 4) is 5.75 Å². The van der Waals surface area contributed by atoms with Gasteiger partial charge in [0.1, 0.15) is 11.6 Å². The Kier molecular flexibility index (Phi) is 5.89. The average molecular weight is 331 g/mol. The smallest absolute Gasteiger partial charge is 0.311 e. The second-order valence-electron chi connectivity index (χ2n) is 5.32. The molecule has 0 aliphatic rings. The first-order valence-electron chi connectivity index (χ1n) is 7.43. The molecule has 0 saturated carbocycles. The largest absolute Gasteiger partial charge is 0.508 e. The van der Waals surface area contributed by atoms with Gasteiger partial charge in [0.05, 0.1) is 6.42 Å². The van der Waals surface area contributed by atoms with Gasteiger partial charge in [-0.1, -0.05) is 24.3 Å². The number of hydrogen-bond donors (Lipinski definition) is 2. The first-order valence-corrected chi connectivity index (χ1v) is 7.43. The molecule has 0 heterocycles. The number of benzene rings is 2. The Balaban J connectivity index is 1.78. The van der Waals surface area contributed by atoms with Gasteiger partial charge in [0.15, 0.2) is 6.10 Å². The topological polar surface area (TPSA) is 75.6 Å². The van der Waals surface area contributed by atoms with Crippen LogP contribution in [0, 0.1) is 5.82 Å². The van der Waals surface area contributed by atoms with E-state index >= 15 is 0 Å². The fourth-order valence-corrected chi connectivity index (χ4v) is 2.01. The van der Waals surface area contributed by atoms with Crippen molar-refractivity contribution in [3.05, 3.63) is 65.5 Å². The summed E-state index contributed by atoms with van der Waals surface area (Å²) in [7, 11) is 0. The molecular weight excluding hydrogens is 313 g/mol. The molecule has 2 rings (SSSR count). The molecule has 126 valence electrons. The van der Waals surface area contributed by atoms with E-state index in [9.17, 15) is 19.1 Å². The zero-order valence-corrected chi connectivity index (χ0v) is 13.2. The summed E-state index contributed by atoms with van der Waals surface area (Å²) >= 11 is 0. The molecule has 1 atom stereocenters. The number of carbonyl (C=O) groups excluding carboxylic acids is 2. The summed E-state index contributed by atoms with van der Waals surface area (Å²) in [6.45, 7) is 1.70. The average Bonchev–Trinajstić information content (AvgIpc) is 2.56. The van der Waals surface area contributed by atoms with Crippen LogP contribution in [0.25, 0.3) is 0 Å². The van der Waals surface area contributed by atoms with E-state index in [2.05, 4.69) is 5.32 Å². The van der Waals surface area contributed by atoms with Gasteiger partial charge in [-0.15, -0.1) is 0 Å². The molecule has 0 fully saturated rings. The van der Waals surface area contributed by atoms with Crippen LogP contribution in [0.1, 0.15) is 18.1 Å². The summed E-state index contributed by atoms with van der Waals surface area (Å²) in [5, 5.41) is 11.8. The number of aromatic hydroxyl groups is 1. The second-order valence-corrected chi connectivity index (χ2v) is 5.32. The molecule has 1 amide bonds. The Hall–Kier alpha value is -2.89. The highest BCUT2D eigenvalue weighted by Crippen LogP contribution is 2.11. The van der Waals surface area contributed by atoms with Gasteiger partial charge in [-0.25, -0.2) is 4.39 Å². The van der Waals surface area contributed by atoms with Crippen molar-refractivity contribution in [1.82, 2.24) is 5.32 Å². The minimum absolute atomic E-state index is 0.00978. The standard InChI is InChI=1S/C18H18FNO4/c1-12(18(23)20-11-14-2-6-15(19)7-3-14)24-17(22)10-13-4-8-16(21)9-5-13/h2-9,12,21H,10-11H2,1H3,(H,20,23)/t12-/m1/s1. The quantitative estimate of drug-likeness (QED) is 0.797. The van der Waals surface area contributed by atoms with Crippen LogP contribution >= 0.6 is 0 Å². The van der Waals surface area contributed by atoms with Gasteiger partial charge in [0.25, 0.3) is 5.91 Å². The molecule has 2 N–H and O–H groups in total. The third-order valence-electron chi connectivity index (χ3n) is 3.34. The van der Waals surface area contributed by atoms with Crippen LogP contribution in [0.15, 0.2) is 48.5 Å². The van der Waals surface area contributed by atoms with E-state index in [1.807, 2.05) is 0 Å². The number of nitrogens with one attached hydrogen (secondary N) is 1. The number of phenolic OH excluding ortho intramolecular Hbond substituents is 1. The molecule has 24 heavy (non-hydrogen) atoms. The first kappa shape index (κ1) is 17.5. The molecule has 0 unspecified atom stereocenters. The highest BCUT2D eigenvalue weighted by molar-refractivity contribution is 5.83. The number of ether oxygens (including phenoxy) is 1. The highest BCUT2D eigenvalue weighted by Gasteiger charge is 2.17. The molecule has 0 bridgehead atoms. The summed E-state index contributed by atoms with van der Waals surface area (Å²) < 4.78 is 17.9. The Morgan fingerprint density at radius 2 is 1.67 bits per heavy atom. The van der Waals surface area contributed by atoms with Gasteiger partial charge in [0.2, 0.25) is 0 Å². The van der Waals surface area contributed by atoms with E-state index < -0.39 is 18.0 Å². The SMILES string of the molecule is C[C@@H](OC(=O)Cc1ccc(O)cc1)C(=O)NCc1ccc(F)cc1. The lowest BCUT2D eigenvalue weighted by Gasteiger charge is -2.13. The van der Waals surface area contributed by atoms with Crippen molar-refractivity contribution in [2.24, 2.45) is 0 Å². The highest BCUT2D eigenvalue weighted by atomic mass is 19.1. The summed E-state index contributed by atoms with van der Waals surface area (Å²) in [6.07, 6.45) is -0.925. The number of amides is 1. The molecule has 0 aromatic heterocycles. The number of halogens is 1. The van der Waals surface area contributed by atoms with Crippen molar-refractivity contribution in [2.75, 3.05) is 0 Å². The predicted molar refractivity (Wildman–Crippen MR) is 85.6 cm³/mol. The number of carbonyl (C=O) groups is 2. The van der Waals surface area contributed by atoms with Crippen molar-refractivity contribution in [2.45, 2.75) is 26.0 Å². The molecule has 0 aliphatic heterocycles. The molecule has 0 spiro atoms. The van der Waals surface area contributed by atoms with E-state index in [4.69, 9.17) is 4.74 Å². The second kappa shape index (κ2) is 8.10. The summed E-state index contributed by atoms with van der Waals surface area (Å²) in [6, 6.07) is 11.9. The number of phenols is 1. The van der Waals surface area contributed by atoms with Crippen LogP contribution in [0.2, 0.25) is 0 Å². The van der Waals surface area contributed by atoms with Gasteiger partial charge < -0.3 is 15.2 Å². The summed E-state index contributed by atoms with van der Waals surface area (Å²) in [5.41, 5.74) is 1.42. The maximum Gasteiger partial charge on any atom is 0.311 e. The van der Waals surface area contributed by atoms with Crippen molar-refractivity contribution in [1.29, 1.82) is 0 Å². The number of esters is 1. The number of hydrogen-bond acceptors (Lipinski definition) is 4. The first-order chi connectivity index (χ1) is 11.4. The Morgan fingerprint density at radius 1 is 1.08 bits per heavy atom. The summed E-state index contributed by atoms with van der Waals surface area (Å²) in [5.74, 6) is -1.20. The Labute approximate surface area is 139 Å².